The van der Waals surface area contributed by atoms with Gasteiger partial charge in [0.05, 0.1) is 12.1 Å². The molecular formula is C19H16ClN3O2S. The Bertz CT molecular complexity index is 921. The van der Waals surface area contributed by atoms with E-state index in [2.05, 4.69) is 15.6 Å². The van der Waals surface area contributed by atoms with Crippen LogP contribution in [0.5, 0.6) is 0 Å². The fourth-order valence-corrected chi connectivity index (χ4v) is 3.05. The van der Waals surface area contributed by atoms with Crippen molar-refractivity contribution in [2.75, 3.05) is 10.6 Å². The molecule has 0 atom stereocenters. The van der Waals surface area contributed by atoms with Gasteiger partial charge in [-0.05, 0) is 43.3 Å². The van der Waals surface area contributed by atoms with Gasteiger partial charge in [-0.1, -0.05) is 29.3 Å². The van der Waals surface area contributed by atoms with Gasteiger partial charge in [0.25, 0.3) is 5.91 Å². The minimum atomic E-state index is -0.272. The second-order valence-corrected chi connectivity index (χ2v) is 6.99. The number of thiazole rings is 1. The lowest BCUT2D eigenvalue weighted by molar-refractivity contribution is -0.115. The normalized spacial score (nSPS) is 10.4. The van der Waals surface area contributed by atoms with Gasteiger partial charge in [-0.25, -0.2) is 4.98 Å². The Balaban J connectivity index is 1.57. The maximum Gasteiger partial charge on any atom is 0.257 e. The Labute approximate surface area is 160 Å². The quantitative estimate of drug-likeness (QED) is 0.677. The molecule has 0 radical (unpaired) electrons. The number of hydrogen-bond acceptors (Lipinski definition) is 4. The zero-order valence-corrected chi connectivity index (χ0v) is 15.5. The Hall–Kier alpha value is -2.70. The predicted molar refractivity (Wildman–Crippen MR) is 105 cm³/mol. The number of nitrogens with one attached hydrogen (secondary N) is 2. The van der Waals surface area contributed by atoms with Gasteiger partial charge in [0, 0.05) is 21.7 Å². The first-order valence-corrected chi connectivity index (χ1v) is 9.13. The van der Waals surface area contributed by atoms with Crippen LogP contribution in [0.4, 0.5) is 10.8 Å². The average Bonchev–Trinajstić information content (AvgIpc) is 3.04. The molecular weight excluding hydrogens is 370 g/mol. The summed E-state index contributed by atoms with van der Waals surface area (Å²) < 4.78 is 0. The number of benzene rings is 2. The molecule has 2 aromatic carbocycles. The summed E-state index contributed by atoms with van der Waals surface area (Å²) in [6.45, 7) is 1.99. The molecule has 5 nitrogen and oxygen atoms in total. The molecule has 0 unspecified atom stereocenters. The van der Waals surface area contributed by atoms with E-state index in [0.717, 1.165) is 11.3 Å². The van der Waals surface area contributed by atoms with Gasteiger partial charge < -0.3 is 5.32 Å². The molecule has 26 heavy (non-hydrogen) atoms. The summed E-state index contributed by atoms with van der Waals surface area (Å²) in [7, 11) is 0. The molecule has 0 saturated carbocycles. The molecule has 0 aliphatic heterocycles. The molecule has 0 bridgehead atoms. The Morgan fingerprint density at radius 1 is 1.04 bits per heavy atom. The monoisotopic (exact) mass is 385 g/mol. The summed E-state index contributed by atoms with van der Waals surface area (Å²) in [4.78, 5) is 28.6. The summed E-state index contributed by atoms with van der Waals surface area (Å²) >= 11 is 7.09. The first kappa shape index (κ1) is 18.1. The van der Waals surface area contributed by atoms with E-state index in [1.807, 2.05) is 31.2 Å². The number of anilines is 2. The highest BCUT2D eigenvalue weighted by Gasteiger charge is 2.11. The highest BCUT2D eigenvalue weighted by Crippen LogP contribution is 2.18. The van der Waals surface area contributed by atoms with Crippen LogP contribution in [0.2, 0.25) is 5.02 Å². The number of aromatic nitrogens is 1. The number of carbonyl (C=O) groups excluding carboxylic acids is 2. The fraction of sp³-hybridized carbons (Fsp3) is 0.105. The molecule has 1 aromatic heterocycles. The van der Waals surface area contributed by atoms with Gasteiger partial charge in [-0.2, -0.15) is 0 Å². The molecule has 2 N–H and O–H groups in total. The molecule has 0 fully saturated rings. The minimum absolute atomic E-state index is 0.140. The van der Waals surface area contributed by atoms with Crippen molar-refractivity contribution in [3.63, 3.8) is 0 Å². The molecule has 2 amide bonds. The number of halogens is 1. The van der Waals surface area contributed by atoms with Gasteiger partial charge in [-0.15, -0.1) is 11.3 Å². The van der Waals surface area contributed by atoms with Crippen molar-refractivity contribution in [3.05, 3.63) is 75.8 Å². The van der Waals surface area contributed by atoms with Crippen LogP contribution >= 0.6 is 22.9 Å². The second kappa shape index (κ2) is 8.12. The van der Waals surface area contributed by atoms with Gasteiger partial charge in [0.15, 0.2) is 5.13 Å². The maximum absolute atomic E-state index is 12.2. The van der Waals surface area contributed by atoms with Crippen LogP contribution in [-0.4, -0.2) is 16.8 Å². The van der Waals surface area contributed by atoms with E-state index < -0.39 is 0 Å². The third-order valence-corrected chi connectivity index (χ3v) is 4.61. The van der Waals surface area contributed by atoms with Gasteiger partial charge in [0.2, 0.25) is 5.91 Å². The predicted octanol–water partition coefficient (Wildman–Crippen LogP) is 4.54. The lowest BCUT2D eigenvalue weighted by atomic mass is 10.2. The lowest BCUT2D eigenvalue weighted by Crippen LogP contribution is -2.15. The van der Waals surface area contributed by atoms with Crippen LogP contribution in [0.15, 0.2) is 53.9 Å². The number of hydrogen-bond donors (Lipinski definition) is 2. The summed E-state index contributed by atoms with van der Waals surface area (Å²) in [5.74, 6) is -0.429. The van der Waals surface area contributed by atoms with Gasteiger partial charge in [0.1, 0.15) is 0 Å². The minimum Gasteiger partial charge on any atom is -0.326 e. The van der Waals surface area contributed by atoms with E-state index in [1.54, 1.807) is 29.6 Å². The Morgan fingerprint density at radius 3 is 2.42 bits per heavy atom. The van der Waals surface area contributed by atoms with E-state index in [9.17, 15) is 9.59 Å². The van der Waals surface area contributed by atoms with Crippen molar-refractivity contribution in [1.82, 2.24) is 4.98 Å². The third-order valence-electron chi connectivity index (χ3n) is 3.56. The molecule has 3 aromatic rings. The topological polar surface area (TPSA) is 71.1 Å². The van der Waals surface area contributed by atoms with Crippen LogP contribution in [-0.2, 0) is 11.2 Å². The zero-order valence-electron chi connectivity index (χ0n) is 14.0. The number of aryl methyl sites for hydroxylation is 1. The number of nitrogens with zero attached hydrogens (tertiary/aromatic N) is 1. The highest BCUT2D eigenvalue weighted by molar-refractivity contribution is 7.14. The van der Waals surface area contributed by atoms with Crippen molar-refractivity contribution >= 4 is 45.6 Å². The Kier molecular flexibility index (Phi) is 5.65. The lowest BCUT2D eigenvalue weighted by Gasteiger charge is -2.04. The molecule has 0 spiro atoms. The molecule has 0 aliphatic rings. The zero-order chi connectivity index (χ0) is 18.5. The molecule has 132 valence electrons. The van der Waals surface area contributed by atoms with Crippen molar-refractivity contribution in [1.29, 1.82) is 0 Å². The molecule has 0 saturated heterocycles. The third kappa shape index (κ3) is 4.91. The summed E-state index contributed by atoms with van der Waals surface area (Å²) in [5.41, 5.74) is 2.96. The van der Waals surface area contributed by atoms with E-state index >= 15 is 0 Å². The Morgan fingerprint density at radius 2 is 1.73 bits per heavy atom. The number of rotatable bonds is 5. The van der Waals surface area contributed by atoms with Gasteiger partial charge in [-0.3, -0.25) is 14.9 Å². The van der Waals surface area contributed by atoms with Crippen molar-refractivity contribution in [2.24, 2.45) is 0 Å². The van der Waals surface area contributed by atoms with Crippen molar-refractivity contribution in [3.8, 4) is 0 Å². The van der Waals surface area contributed by atoms with Crippen LogP contribution < -0.4 is 10.6 Å². The largest absolute Gasteiger partial charge is 0.326 e. The van der Waals surface area contributed by atoms with Crippen LogP contribution in [0.1, 0.15) is 21.6 Å². The van der Waals surface area contributed by atoms with Gasteiger partial charge >= 0.3 is 0 Å². The average molecular weight is 386 g/mol. The van der Waals surface area contributed by atoms with Crippen LogP contribution in [0, 0.1) is 6.92 Å². The summed E-state index contributed by atoms with van der Waals surface area (Å²) in [5, 5.41) is 8.32. The smallest absolute Gasteiger partial charge is 0.257 e. The van der Waals surface area contributed by atoms with E-state index in [0.29, 0.717) is 21.4 Å². The van der Waals surface area contributed by atoms with Crippen LogP contribution in [0.25, 0.3) is 0 Å². The first-order valence-electron chi connectivity index (χ1n) is 7.87. The van der Waals surface area contributed by atoms with Crippen molar-refractivity contribution < 1.29 is 9.59 Å². The SMILES string of the molecule is Cc1ccc(NC(=O)Cc2csc(NC(=O)c3ccc(Cl)cc3)n2)cc1. The standard InChI is InChI=1S/C19H16ClN3O2S/c1-12-2-8-15(9-3-12)21-17(24)10-16-11-26-19(22-16)23-18(25)13-4-6-14(20)7-5-13/h2-9,11H,10H2,1H3,(H,21,24)(H,22,23,25). The highest BCUT2D eigenvalue weighted by atomic mass is 35.5. The summed E-state index contributed by atoms with van der Waals surface area (Å²) in [6.07, 6.45) is 0.140. The first-order chi connectivity index (χ1) is 12.5. The molecule has 3 rings (SSSR count). The fourth-order valence-electron chi connectivity index (χ4n) is 2.22. The number of amides is 2. The van der Waals surface area contributed by atoms with Crippen molar-refractivity contribution in [2.45, 2.75) is 13.3 Å². The summed E-state index contributed by atoms with van der Waals surface area (Å²) in [6, 6.07) is 14.2. The van der Waals surface area contributed by atoms with E-state index in [4.69, 9.17) is 11.6 Å². The molecule has 7 heteroatoms. The van der Waals surface area contributed by atoms with E-state index in [-0.39, 0.29) is 18.2 Å². The molecule has 1 heterocycles. The molecule has 0 aliphatic carbocycles. The second-order valence-electron chi connectivity index (χ2n) is 5.70. The number of carbonyl (C=O) groups is 2. The van der Waals surface area contributed by atoms with E-state index in [1.165, 1.54) is 11.3 Å². The maximum atomic E-state index is 12.2. The van der Waals surface area contributed by atoms with Crippen LogP contribution in [0.3, 0.4) is 0 Å².